The average Bonchev–Trinajstić information content (AvgIpc) is 3.04. The molecule has 0 aromatic heterocycles. The maximum Gasteiger partial charge on any atom is 0.300 e. The molecule has 1 heterocycles. The fourth-order valence-electron chi connectivity index (χ4n) is 3.64. The molecule has 32 heavy (non-hydrogen) atoms. The number of rotatable bonds is 4. The number of hydrogen-bond donors (Lipinski definition) is 2. The Morgan fingerprint density at radius 3 is 2.09 bits per heavy atom. The van der Waals surface area contributed by atoms with E-state index in [9.17, 15) is 27.5 Å². The minimum absolute atomic E-state index is 0.000274. The number of sulfonamides is 1. The average molecular weight is 452 g/mol. The van der Waals surface area contributed by atoms with Gasteiger partial charge >= 0.3 is 0 Å². The molecular formula is C23H17FN2O5S. The zero-order valence-electron chi connectivity index (χ0n) is 16.5. The van der Waals surface area contributed by atoms with Crippen LogP contribution in [0.4, 0.5) is 10.1 Å². The highest BCUT2D eigenvalue weighted by Gasteiger charge is 2.47. The van der Waals surface area contributed by atoms with Crippen LogP contribution >= 0.6 is 0 Å². The lowest BCUT2D eigenvalue weighted by Crippen LogP contribution is -2.30. The van der Waals surface area contributed by atoms with Crippen molar-refractivity contribution in [2.45, 2.75) is 10.9 Å². The van der Waals surface area contributed by atoms with Gasteiger partial charge in [-0.05, 0) is 30.3 Å². The molecule has 1 amide bonds. The van der Waals surface area contributed by atoms with Crippen molar-refractivity contribution in [1.82, 2.24) is 0 Å². The molecule has 0 radical (unpaired) electrons. The maximum absolute atomic E-state index is 14.8. The Labute approximate surface area is 183 Å². The van der Waals surface area contributed by atoms with Crippen LogP contribution in [0, 0.1) is 5.82 Å². The minimum Gasteiger partial charge on any atom is -0.507 e. The van der Waals surface area contributed by atoms with Crippen LogP contribution in [-0.4, -0.2) is 25.2 Å². The van der Waals surface area contributed by atoms with Crippen molar-refractivity contribution in [2.75, 3.05) is 4.90 Å². The second kappa shape index (κ2) is 8.03. The van der Waals surface area contributed by atoms with Crippen molar-refractivity contribution in [2.24, 2.45) is 5.14 Å². The monoisotopic (exact) mass is 452 g/mol. The molecule has 1 atom stereocenters. The smallest absolute Gasteiger partial charge is 0.300 e. The highest BCUT2D eigenvalue weighted by atomic mass is 32.2. The van der Waals surface area contributed by atoms with Crippen molar-refractivity contribution in [3.05, 3.63) is 101 Å². The van der Waals surface area contributed by atoms with E-state index in [1.807, 2.05) is 0 Å². The summed E-state index contributed by atoms with van der Waals surface area (Å²) in [5.41, 5.74) is 0.151. The number of amides is 1. The third kappa shape index (κ3) is 3.68. The number of aliphatic hydroxyl groups excluding tert-OH is 1. The number of Topliss-reactive ketones (excluding diaryl/α,β-unsaturated/α-hetero) is 1. The van der Waals surface area contributed by atoms with Crippen LogP contribution in [0.25, 0.3) is 5.76 Å². The van der Waals surface area contributed by atoms with E-state index in [1.165, 1.54) is 42.5 Å². The molecule has 1 aliphatic heterocycles. The number of carbonyl (C=O) groups is 2. The Hall–Kier alpha value is -3.82. The molecule has 1 aliphatic rings. The van der Waals surface area contributed by atoms with Crippen molar-refractivity contribution >= 4 is 33.2 Å². The van der Waals surface area contributed by atoms with Crippen LogP contribution in [0.3, 0.4) is 0 Å². The number of primary sulfonamides is 1. The molecule has 1 fully saturated rings. The number of benzene rings is 3. The molecular weight excluding hydrogens is 435 g/mol. The molecule has 3 N–H and O–H groups in total. The van der Waals surface area contributed by atoms with Gasteiger partial charge in [0.15, 0.2) is 0 Å². The molecule has 4 rings (SSSR count). The van der Waals surface area contributed by atoms with Gasteiger partial charge in [-0.25, -0.2) is 17.9 Å². The van der Waals surface area contributed by atoms with E-state index in [0.717, 1.165) is 4.90 Å². The lowest BCUT2D eigenvalue weighted by molar-refractivity contribution is -0.132. The predicted molar refractivity (Wildman–Crippen MR) is 115 cm³/mol. The molecule has 162 valence electrons. The highest BCUT2D eigenvalue weighted by Crippen LogP contribution is 2.42. The Morgan fingerprint density at radius 1 is 0.906 bits per heavy atom. The number of carbonyl (C=O) groups excluding carboxylic acids is 2. The number of nitrogens with two attached hydrogens (primary N) is 1. The van der Waals surface area contributed by atoms with Gasteiger partial charge in [-0.3, -0.25) is 14.5 Å². The van der Waals surface area contributed by atoms with E-state index in [-0.39, 0.29) is 27.3 Å². The van der Waals surface area contributed by atoms with Crippen molar-refractivity contribution < 1.29 is 27.5 Å². The molecule has 1 saturated heterocycles. The quantitative estimate of drug-likeness (QED) is 0.358. The first kappa shape index (κ1) is 21.4. The molecule has 0 bridgehead atoms. The van der Waals surface area contributed by atoms with Crippen LogP contribution in [0.1, 0.15) is 17.2 Å². The van der Waals surface area contributed by atoms with E-state index in [1.54, 1.807) is 36.4 Å². The first-order valence-electron chi connectivity index (χ1n) is 9.44. The minimum atomic E-state index is -3.98. The van der Waals surface area contributed by atoms with Crippen molar-refractivity contribution in [1.29, 1.82) is 0 Å². The molecule has 7 nitrogen and oxygen atoms in total. The van der Waals surface area contributed by atoms with Gasteiger partial charge in [-0.2, -0.15) is 0 Å². The van der Waals surface area contributed by atoms with Gasteiger partial charge in [0, 0.05) is 16.8 Å². The molecule has 0 spiro atoms. The summed E-state index contributed by atoms with van der Waals surface area (Å²) in [5.74, 6) is -3.10. The van der Waals surface area contributed by atoms with Crippen LogP contribution < -0.4 is 10.0 Å². The zero-order chi connectivity index (χ0) is 23.0. The topological polar surface area (TPSA) is 118 Å². The Bertz CT molecular complexity index is 1350. The summed E-state index contributed by atoms with van der Waals surface area (Å²) < 4.78 is 37.9. The summed E-state index contributed by atoms with van der Waals surface area (Å²) >= 11 is 0. The highest BCUT2D eigenvalue weighted by molar-refractivity contribution is 7.89. The lowest BCUT2D eigenvalue weighted by Gasteiger charge is -2.25. The third-order valence-corrected chi connectivity index (χ3v) is 6.06. The molecule has 0 unspecified atom stereocenters. The third-order valence-electron chi connectivity index (χ3n) is 5.13. The SMILES string of the molecule is NS(=O)(=O)c1ccc(N2C(=O)C(=O)/C(=C(/O)c3ccccc3)[C@H]2c2ccccc2F)cc1. The molecule has 3 aromatic rings. The van der Waals surface area contributed by atoms with E-state index in [2.05, 4.69) is 0 Å². The maximum atomic E-state index is 14.8. The van der Waals surface area contributed by atoms with Gasteiger partial charge in [0.25, 0.3) is 11.7 Å². The summed E-state index contributed by atoms with van der Waals surface area (Å²) in [6.07, 6.45) is 0. The molecule has 0 aliphatic carbocycles. The zero-order valence-corrected chi connectivity index (χ0v) is 17.3. The first-order chi connectivity index (χ1) is 15.2. The van der Waals surface area contributed by atoms with Gasteiger partial charge in [0.05, 0.1) is 16.5 Å². The first-order valence-corrected chi connectivity index (χ1v) is 11.0. The van der Waals surface area contributed by atoms with Gasteiger partial charge < -0.3 is 5.11 Å². The van der Waals surface area contributed by atoms with Gasteiger partial charge in [-0.1, -0.05) is 48.5 Å². The van der Waals surface area contributed by atoms with Crippen LogP contribution in [-0.2, 0) is 19.6 Å². The predicted octanol–water partition coefficient (Wildman–Crippen LogP) is 3.10. The number of ketones is 1. The fourth-order valence-corrected chi connectivity index (χ4v) is 4.15. The normalized spacial score (nSPS) is 18.2. The van der Waals surface area contributed by atoms with E-state index < -0.39 is 39.3 Å². The Morgan fingerprint density at radius 2 is 1.50 bits per heavy atom. The number of halogens is 1. The molecule has 9 heteroatoms. The van der Waals surface area contributed by atoms with Crippen LogP contribution in [0.15, 0.2) is 89.3 Å². The number of aliphatic hydroxyl groups is 1. The number of nitrogens with zero attached hydrogens (tertiary/aromatic N) is 1. The Kier molecular flexibility index (Phi) is 5.37. The standard InChI is InChI=1S/C23H17FN2O5S/c24-18-9-5-4-8-17(18)20-19(21(27)14-6-2-1-3-7-14)22(28)23(29)26(20)15-10-12-16(13-11-15)32(25,30)31/h1-13,20,27H,(H2,25,30,31)/b21-19+/t20-/m1/s1. The van der Waals surface area contributed by atoms with Crippen LogP contribution in [0.2, 0.25) is 0 Å². The van der Waals surface area contributed by atoms with Gasteiger partial charge in [0.2, 0.25) is 10.0 Å². The number of anilines is 1. The summed E-state index contributed by atoms with van der Waals surface area (Å²) in [7, 11) is -3.98. The number of hydrogen-bond acceptors (Lipinski definition) is 5. The van der Waals surface area contributed by atoms with E-state index in [4.69, 9.17) is 5.14 Å². The Balaban J connectivity index is 1.94. The van der Waals surface area contributed by atoms with Gasteiger partial charge in [-0.15, -0.1) is 0 Å². The second-order valence-corrected chi connectivity index (χ2v) is 8.66. The van der Waals surface area contributed by atoms with E-state index >= 15 is 0 Å². The van der Waals surface area contributed by atoms with Crippen molar-refractivity contribution in [3.63, 3.8) is 0 Å². The fraction of sp³-hybridized carbons (Fsp3) is 0.0435. The van der Waals surface area contributed by atoms with Crippen LogP contribution in [0.5, 0.6) is 0 Å². The molecule has 0 saturated carbocycles. The van der Waals surface area contributed by atoms with Gasteiger partial charge in [0.1, 0.15) is 11.6 Å². The largest absolute Gasteiger partial charge is 0.507 e. The summed E-state index contributed by atoms with van der Waals surface area (Å²) in [4.78, 5) is 26.8. The summed E-state index contributed by atoms with van der Waals surface area (Å²) in [5, 5.41) is 16.0. The van der Waals surface area contributed by atoms with E-state index in [0.29, 0.717) is 0 Å². The lowest BCUT2D eigenvalue weighted by atomic mass is 9.95. The second-order valence-electron chi connectivity index (χ2n) is 7.10. The summed E-state index contributed by atoms with van der Waals surface area (Å²) in [6.45, 7) is 0. The molecule has 3 aromatic carbocycles. The van der Waals surface area contributed by atoms with Crippen molar-refractivity contribution in [3.8, 4) is 0 Å². The summed E-state index contributed by atoms with van der Waals surface area (Å²) in [6, 6.07) is 17.4.